The third-order valence-electron chi connectivity index (χ3n) is 3.04. The fraction of sp³-hybridized carbons (Fsp3) is 0.200. The summed E-state index contributed by atoms with van der Waals surface area (Å²) < 4.78 is 19.7. The lowest BCUT2D eigenvalue weighted by molar-refractivity contribution is 0.292. The van der Waals surface area contributed by atoms with E-state index in [1.165, 1.54) is 12.1 Å². The van der Waals surface area contributed by atoms with Crippen LogP contribution in [0.2, 0.25) is 0 Å². The molecule has 0 fully saturated rings. The molecule has 20 heavy (non-hydrogen) atoms. The Balaban J connectivity index is 1.66. The van der Waals surface area contributed by atoms with Crippen LogP contribution in [0.15, 0.2) is 57.1 Å². The van der Waals surface area contributed by atoms with Crippen LogP contribution in [0.4, 0.5) is 4.39 Å². The molecule has 3 rings (SSSR count). The lowest BCUT2D eigenvalue weighted by atomic mass is 10.0. The van der Waals surface area contributed by atoms with Crippen molar-refractivity contribution in [2.24, 2.45) is 9.98 Å². The summed E-state index contributed by atoms with van der Waals surface area (Å²) in [5.74, 6) is 0.295. The number of aliphatic imine (C=N–C) groups is 2. The van der Waals surface area contributed by atoms with Gasteiger partial charge in [-0.2, -0.15) is 0 Å². The minimum Gasteiger partial charge on any atom is -0.473 e. The van der Waals surface area contributed by atoms with Crippen molar-refractivity contribution in [3.8, 4) is 0 Å². The summed E-state index contributed by atoms with van der Waals surface area (Å²) in [6, 6.07) is 6.36. The van der Waals surface area contributed by atoms with E-state index < -0.39 is 0 Å². The van der Waals surface area contributed by atoms with Crippen LogP contribution in [0.1, 0.15) is 12.0 Å². The number of nitrogens with zero attached hydrogens (tertiary/aromatic N) is 2. The summed E-state index contributed by atoms with van der Waals surface area (Å²) in [6.45, 7) is 0.303. The van der Waals surface area contributed by atoms with Crippen molar-refractivity contribution < 1.29 is 9.13 Å². The number of benzene rings is 1. The SMILES string of the molecule is Fc1cccc(COC2=N[C@H]3CC(Br)=CN=C3C=C2)c1. The first kappa shape index (κ1) is 13.2. The van der Waals surface area contributed by atoms with Gasteiger partial charge < -0.3 is 4.74 Å². The highest BCUT2D eigenvalue weighted by Gasteiger charge is 2.21. The number of fused-ring (bicyclic) bond motifs is 1. The van der Waals surface area contributed by atoms with E-state index in [1.54, 1.807) is 18.3 Å². The maximum absolute atomic E-state index is 13.1. The summed E-state index contributed by atoms with van der Waals surface area (Å²) in [7, 11) is 0. The van der Waals surface area contributed by atoms with Crippen molar-refractivity contribution in [3.63, 3.8) is 0 Å². The molecule has 0 saturated heterocycles. The van der Waals surface area contributed by atoms with Crippen molar-refractivity contribution in [3.05, 3.63) is 58.5 Å². The summed E-state index contributed by atoms with van der Waals surface area (Å²) in [6.07, 6.45) is 6.29. The zero-order valence-corrected chi connectivity index (χ0v) is 12.2. The van der Waals surface area contributed by atoms with E-state index >= 15 is 0 Å². The molecule has 2 aliphatic rings. The Morgan fingerprint density at radius 1 is 1.35 bits per heavy atom. The maximum Gasteiger partial charge on any atom is 0.209 e. The topological polar surface area (TPSA) is 34.0 Å². The summed E-state index contributed by atoms with van der Waals surface area (Å²) in [4.78, 5) is 8.81. The van der Waals surface area contributed by atoms with Crippen LogP contribution >= 0.6 is 15.9 Å². The predicted octanol–water partition coefficient (Wildman–Crippen LogP) is 3.76. The molecule has 0 spiro atoms. The number of ether oxygens (including phenoxy) is 1. The van der Waals surface area contributed by atoms with Crippen molar-refractivity contribution in [1.82, 2.24) is 0 Å². The fourth-order valence-corrected chi connectivity index (χ4v) is 2.47. The summed E-state index contributed by atoms with van der Waals surface area (Å²) >= 11 is 3.43. The Morgan fingerprint density at radius 3 is 3.10 bits per heavy atom. The second-order valence-electron chi connectivity index (χ2n) is 4.57. The fourth-order valence-electron chi connectivity index (χ4n) is 2.06. The van der Waals surface area contributed by atoms with Crippen LogP contribution in [-0.2, 0) is 11.3 Å². The molecular formula is C15H12BrFN2O. The van der Waals surface area contributed by atoms with Crippen molar-refractivity contribution in [2.45, 2.75) is 19.1 Å². The Labute approximate surface area is 124 Å². The van der Waals surface area contributed by atoms with Gasteiger partial charge in [0, 0.05) is 23.2 Å². The Bertz CT molecular complexity index is 649. The van der Waals surface area contributed by atoms with E-state index in [-0.39, 0.29) is 11.9 Å². The molecule has 1 aromatic carbocycles. The lowest BCUT2D eigenvalue weighted by Crippen LogP contribution is -2.25. The molecule has 0 aliphatic carbocycles. The van der Waals surface area contributed by atoms with Gasteiger partial charge in [0.25, 0.3) is 0 Å². The molecule has 0 bridgehead atoms. The molecule has 2 aliphatic heterocycles. The molecule has 1 aromatic rings. The standard InChI is InChI=1S/C15H12BrFN2O/c16-11-7-14-13(18-8-11)4-5-15(19-14)20-9-10-2-1-3-12(17)6-10/h1-6,8,14H,7,9H2/t14-/m0/s1. The first-order valence-electron chi connectivity index (χ1n) is 6.26. The smallest absolute Gasteiger partial charge is 0.209 e. The van der Waals surface area contributed by atoms with Gasteiger partial charge in [0.1, 0.15) is 18.5 Å². The van der Waals surface area contributed by atoms with Gasteiger partial charge in [0.15, 0.2) is 0 Å². The molecule has 0 amide bonds. The maximum atomic E-state index is 13.1. The van der Waals surface area contributed by atoms with Gasteiger partial charge in [0.2, 0.25) is 5.90 Å². The van der Waals surface area contributed by atoms with Crippen LogP contribution in [0.25, 0.3) is 0 Å². The number of hydrogen-bond donors (Lipinski definition) is 0. The van der Waals surface area contributed by atoms with Gasteiger partial charge in [-0.3, -0.25) is 4.99 Å². The normalized spacial score (nSPS) is 20.7. The van der Waals surface area contributed by atoms with Crippen LogP contribution in [0, 0.1) is 5.82 Å². The van der Waals surface area contributed by atoms with E-state index in [2.05, 4.69) is 25.9 Å². The monoisotopic (exact) mass is 334 g/mol. The van der Waals surface area contributed by atoms with Gasteiger partial charge in [0.05, 0.1) is 5.71 Å². The zero-order valence-electron chi connectivity index (χ0n) is 10.6. The second-order valence-corrected chi connectivity index (χ2v) is 5.59. The Kier molecular flexibility index (Phi) is 3.78. The second kappa shape index (κ2) is 5.71. The Morgan fingerprint density at radius 2 is 2.25 bits per heavy atom. The minimum atomic E-state index is -0.261. The summed E-state index contributed by atoms with van der Waals surface area (Å²) in [5.41, 5.74) is 1.72. The van der Waals surface area contributed by atoms with Crippen molar-refractivity contribution in [1.29, 1.82) is 0 Å². The highest BCUT2D eigenvalue weighted by Crippen LogP contribution is 2.23. The molecule has 102 valence electrons. The lowest BCUT2D eigenvalue weighted by Gasteiger charge is -2.20. The molecule has 0 radical (unpaired) electrons. The molecule has 3 nitrogen and oxygen atoms in total. The third kappa shape index (κ3) is 3.04. The van der Waals surface area contributed by atoms with Crippen molar-refractivity contribution in [2.75, 3.05) is 0 Å². The van der Waals surface area contributed by atoms with E-state index in [4.69, 9.17) is 4.74 Å². The summed E-state index contributed by atoms with van der Waals surface area (Å²) in [5, 5.41) is 0. The average Bonchev–Trinajstić information content (AvgIpc) is 2.45. The van der Waals surface area contributed by atoms with Gasteiger partial charge in [-0.15, -0.1) is 0 Å². The number of dihydropyridines is 1. The van der Waals surface area contributed by atoms with E-state index in [9.17, 15) is 4.39 Å². The number of hydrogen-bond acceptors (Lipinski definition) is 3. The molecule has 1 atom stereocenters. The largest absolute Gasteiger partial charge is 0.473 e. The molecular weight excluding hydrogens is 323 g/mol. The number of halogens is 2. The molecule has 5 heteroatoms. The predicted molar refractivity (Wildman–Crippen MR) is 80.6 cm³/mol. The first-order chi connectivity index (χ1) is 9.70. The van der Waals surface area contributed by atoms with Gasteiger partial charge in [-0.1, -0.05) is 28.1 Å². The minimum absolute atomic E-state index is 0.00174. The molecule has 0 saturated carbocycles. The molecule has 0 N–H and O–H groups in total. The molecule has 0 aromatic heterocycles. The van der Waals surface area contributed by atoms with Crippen LogP contribution < -0.4 is 0 Å². The van der Waals surface area contributed by atoms with Crippen LogP contribution in [0.3, 0.4) is 0 Å². The third-order valence-corrected chi connectivity index (χ3v) is 3.57. The van der Waals surface area contributed by atoms with E-state index in [1.807, 2.05) is 12.1 Å². The van der Waals surface area contributed by atoms with E-state index in [0.717, 1.165) is 22.2 Å². The van der Waals surface area contributed by atoms with Crippen LogP contribution in [0.5, 0.6) is 0 Å². The van der Waals surface area contributed by atoms with E-state index in [0.29, 0.717) is 12.5 Å². The zero-order chi connectivity index (χ0) is 13.9. The highest BCUT2D eigenvalue weighted by molar-refractivity contribution is 9.11. The number of rotatable bonds is 2. The van der Waals surface area contributed by atoms with Gasteiger partial charge in [-0.25, -0.2) is 9.38 Å². The van der Waals surface area contributed by atoms with Gasteiger partial charge in [-0.05, 0) is 23.8 Å². The van der Waals surface area contributed by atoms with Crippen molar-refractivity contribution >= 4 is 27.5 Å². The highest BCUT2D eigenvalue weighted by atomic mass is 79.9. The van der Waals surface area contributed by atoms with Gasteiger partial charge >= 0.3 is 0 Å². The first-order valence-corrected chi connectivity index (χ1v) is 7.05. The quantitative estimate of drug-likeness (QED) is 0.810. The molecule has 2 heterocycles. The molecule has 0 unspecified atom stereocenters. The average molecular weight is 335 g/mol. The van der Waals surface area contributed by atoms with Crippen LogP contribution in [-0.4, -0.2) is 17.7 Å². The Hall–Kier alpha value is -1.75.